The zero-order valence-electron chi connectivity index (χ0n) is 17.9. The van der Waals surface area contributed by atoms with Gasteiger partial charge in [0.05, 0.1) is 11.8 Å². The smallest absolute Gasteiger partial charge is 0.259 e. The molecule has 6 heteroatoms. The van der Waals surface area contributed by atoms with Gasteiger partial charge in [0.15, 0.2) is 0 Å². The molecule has 160 valence electrons. The number of carbonyl (C=O) groups excluding carboxylic acids is 1. The van der Waals surface area contributed by atoms with Crippen molar-refractivity contribution < 1.29 is 14.4 Å². The molecule has 2 aliphatic heterocycles. The molecule has 0 aliphatic carbocycles. The maximum atomic E-state index is 12.8. The van der Waals surface area contributed by atoms with E-state index in [1.165, 1.54) is 11.1 Å². The number of piperidine rings is 1. The second-order valence-electron chi connectivity index (χ2n) is 8.50. The van der Waals surface area contributed by atoms with Crippen LogP contribution in [0.2, 0.25) is 0 Å². The first-order valence-electron chi connectivity index (χ1n) is 10.9. The average Bonchev–Trinajstić information content (AvgIpc) is 3.12. The van der Waals surface area contributed by atoms with Crippen LogP contribution in [0.3, 0.4) is 0 Å². The lowest BCUT2D eigenvalue weighted by Gasteiger charge is -2.36. The van der Waals surface area contributed by atoms with Crippen LogP contribution >= 0.6 is 0 Å². The summed E-state index contributed by atoms with van der Waals surface area (Å²) in [5, 5.41) is 14.7. The molecule has 0 bridgehead atoms. The topological polar surface area (TPSA) is 69.8 Å². The van der Waals surface area contributed by atoms with Crippen molar-refractivity contribution in [2.75, 3.05) is 32.7 Å². The molecule has 2 aliphatic rings. The van der Waals surface area contributed by atoms with E-state index in [4.69, 9.17) is 4.52 Å². The quantitative estimate of drug-likeness (QED) is 0.821. The fourth-order valence-corrected chi connectivity index (χ4v) is 4.64. The minimum Gasteiger partial charge on any atom is -0.392 e. The number of amides is 1. The zero-order chi connectivity index (χ0) is 21.1. The Morgan fingerprint density at radius 3 is 2.53 bits per heavy atom. The minimum atomic E-state index is -0.354. The molecular weight excluding hydrogens is 378 g/mol. The van der Waals surface area contributed by atoms with E-state index in [-0.39, 0.29) is 17.9 Å². The van der Waals surface area contributed by atoms with Crippen LogP contribution in [0, 0.1) is 19.8 Å². The van der Waals surface area contributed by atoms with Crippen molar-refractivity contribution in [2.24, 2.45) is 5.92 Å². The fraction of sp³-hybridized carbons (Fsp3) is 0.500. The first kappa shape index (κ1) is 20.8. The van der Waals surface area contributed by atoms with Crippen LogP contribution in [0.4, 0.5) is 0 Å². The van der Waals surface area contributed by atoms with Gasteiger partial charge in [-0.05, 0) is 50.2 Å². The van der Waals surface area contributed by atoms with Gasteiger partial charge in [-0.25, -0.2) is 0 Å². The Balaban J connectivity index is 1.26. The molecule has 2 aromatic rings. The van der Waals surface area contributed by atoms with Gasteiger partial charge in [0, 0.05) is 32.7 Å². The van der Waals surface area contributed by atoms with Crippen LogP contribution in [-0.4, -0.2) is 64.8 Å². The van der Waals surface area contributed by atoms with Gasteiger partial charge in [0.2, 0.25) is 0 Å². The number of likely N-dealkylation sites (tertiary alicyclic amines) is 1. The molecule has 6 nitrogen and oxygen atoms in total. The number of benzene rings is 1. The molecule has 3 heterocycles. The third kappa shape index (κ3) is 4.50. The maximum Gasteiger partial charge on any atom is 0.259 e. The summed E-state index contributed by atoms with van der Waals surface area (Å²) in [4.78, 5) is 17.0. The van der Waals surface area contributed by atoms with Crippen LogP contribution in [0.15, 0.2) is 40.9 Å². The zero-order valence-corrected chi connectivity index (χ0v) is 17.9. The SMILES string of the molecule is Cc1noc(C)c1C(=O)N1CCC(C(O)CN2CC=C(c3ccccc3)CC2)CC1. The fourth-order valence-electron chi connectivity index (χ4n) is 4.64. The molecule has 1 unspecified atom stereocenters. The highest BCUT2D eigenvalue weighted by molar-refractivity contribution is 5.96. The van der Waals surface area contributed by atoms with E-state index < -0.39 is 0 Å². The molecule has 1 aromatic carbocycles. The number of aryl methyl sites for hydroxylation is 2. The first-order chi connectivity index (χ1) is 14.5. The molecule has 30 heavy (non-hydrogen) atoms. The van der Waals surface area contributed by atoms with E-state index in [9.17, 15) is 9.90 Å². The van der Waals surface area contributed by atoms with Crippen molar-refractivity contribution >= 4 is 11.5 Å². The summed E-state index contributed by atoms with van der Waals surface area (Å²) < 4.78 is 5.14. The van der Waals surface area contributed by atoms with E-state index in [1.54, 1.807) is 13.8 Å². The van der Waals surface area contributed by atoms with Gasteiger partial charge in [-0.3, -0.25) is 9.69 Å². The summed E-state index contributed by atoms with van der Waals surface area (Å²) in [6, 6.07) is 10.5. The van der Waals surface area contributed by atoms with E-state index in [0.717, 1.165) is 32.4 Å². The molecule has 1 saturated heterocycles. The van der Waals surface area contributed by atoms with Crippen molar-refractivity contribution in [3.63, 3.8) is 0 Å². The lowest BCUT2D eigenvalue weighted by molar-refractivity contribution is 0.0304. The van der Waals surface area contributed by atoms with Gasteiger partial charge in [0.1, 0.15) is 11.3 Å². The summed E-state index contributed by atoms with van der Waals surface area (Å²) in [6.45, 7) is 7.47. The number of β-amino-alcohol motifs (C(OH)–C–C–N with tert-alkyl or cyclic N) is 1. The normalized spacial score (nSPS) is 19.6. The van der Waals surface area contributed by atoms with E-state index in [0.29, 0.717) is 36.7 Å². The molecule has 4 rings (SSSR count). The summed E-state index contributed by atoms with van der Waals surface area (Å²) in [6.07, 6.45) is 4.61. The molecule has 0 radical (unpaired) electrons. The number of aromatic nitrogens is 1. The van der Waals surface area contributed by atoms with Gasteiger partial charge >= 0.3 is 0 Å². The molecule has 1 N–H and O–H groups in total. The highest BCUT2D eigenvalue weighted by atomic mass is 16.5. The third-order valence-corrected chi connectivity index (χ3v) is 6.50. The van der Waals surface area contributed by atoms with E-state index in [2.05, 4.69) is 40.4 Å². The Labute approximate surface area is 178 Å². The van der Waals surface area contributed by atoms with Gasteiger partial charge < -0.3 is 14.5 Å². The van der Waals surface area contributed by atoms with E-state index in [1.807, 2.05) is 11.0 Å². The number of aliphatic hydroxyl groups excluding tert-OH is 1. The number of aliphatic hydroxyl groups is 1. The molecule has 0 saturated carbocycles. The summed E-state index contributed by atoms with van der Waals surface area (Å²) >= 11 is 0. The Morgan fingerprint density at radius 1 is 1.20 bits per heavy atom. The van der Waals surface area contributed by atoms with E-state index >= 15 is 0 Å². The molecule has 1 fully saturated rings. The summed E-state index contributed by atoms with van der Waals surface area (Å²) in [5.74, 6) is 0.805. The Bertz CT molecular complexity index is 878. The maximum absolute atomic E-state index is 12.8. The number of hydrogen-bond donors (Lipinski definition) is 1. The highest BCUT2D eigenvalue weighted by Crippen LogP contribution is 2.26. The number of hydrogen-bond acceptors (Lipinski definition) is 5. The van der Waals surface area contributed by atoms with Crippen molar-refractivity contribution in [3.05, 3.63) is 59.0 Å². The van der Waals surface area contributed by atoms with Gasteiger partial charge in [0.25, 0.3) is 5.91 Å². The monoisotopic (exact) mass is 409 g/mol. The van der Waals surface area contributed by atoms with Crippen LogP contribution in [0.25, 0.3) is 5.57 Å². The van der Waals surface area contributed by atoms with Gasteiger partial charge in [-0.2, -0.15) is 0 Å². The Hall–Kier alpha value is -2.44. The first-order valence-corrected chi connectivity index (χ1v) is 10.9. The Morgan fingerprint density at radius 2 is 1.93 bits per heavy atom. The molecular formula is C24H31N3O3. The van der Waals surface area contributed by atoms with Crippen molar-refractivity contribution in [3.8, 4) is 0 Å². The minimum absolute atomic E-state index is 0.00574. The van der Waals surface area contributed by atoms with Crippen molar-refractivity contribution in [1.82, 2.24) is 15.0 Å². The highest BCUT2D eigenvalue weighted by Gasteiger charge is 2.31. The van der Waals surface area contributed by atoms with Crippen LogP contribution in [0.1, 0.15) is 46.6 Å². The van der Waals surface area contributed by atoms with Gasteiger partial charge in [-0.1, -0.05) is 41.6 Å². The Kier molecular flexibility index (Phi) is 6.35. The van der Waals surface area contributed by atoms with Crippen molar-refractivity contribution in [2.45, 2.75) is 39.2 Å². The third-order valence-electron chi connectivity index (χ3n) is 6.50. The lowest BCUT2D eigenvalue weighted by atomic mass is 9.90. The predicted octanol–water partition coefficient (Wildman–Crippen LogP) is 3.29. The lowest BCUT2D eigenvalue weighted by Crippen LogP contribution is -2.45. The average molecular weight is 410 g/mol. The van der Waals surface area contributed by atoms with Crippen LogP contribution < -0.4 is 0 Å². The molecule has 1 atom stereocenters. The second kappa shape index (κ2) is 9.14. The standard InChI is InChI=1S/C24H31N3O3/c1-17-23(18(2)30-25-17)24(29)27-14-10-21(11-15-27)22(28)16-26-12-8-20(9-13-26)19-6-4-3-5-7-19/h3-8,21-22,28H,9-16H2,1-2H3. The molecule has 1 amide bonds. The predicted molar refractivity (Wildman–Crippen MR) is 116 cm³/mol. The number of carbonyl (C=O) groups is 1. The number of rotatable bonds is 5. The molecule has 0 spiro atoms. The van der Waals surface area contributed by atoms with Crippen LogP contribution in [-0.2, 0) is 0 Å². The second-order valence-corrected chi connectivity index (χ2v) is 8.50. The molecule has 1 aromatic heterocycles. The summed E-state index contributed by atoms with van der Waals surface area (Å²) in [5.41, 5.74) is 3.93. The largest absolute Gasteiger partial charge is 0.392 e. The van der Waals surface area contributed by atoms with Crippen LogP contribution in [0.5, 0.6) is 0 Å². The summed E-state index contributed by atoms with van der Waals surface area (Å²) in [7, 11) is 0. The van der Waals surface area contributed by atoms with Gasteiger partial charge in [-0.15, -0.1) is 0 Å². The number of nitrogens with zero attached hydrogens (tertiary/aromatic N) is 3. The van der Waals surface area contributed by atoms with Crippen molar-refractivity contribution in [1.29, 1.82) is 0 Å².